The van der Waals surface area contributed by atoms with Crippen molar-refractivity contribution in [2.75, 3.05) is 11.4 Å². The highest BCUT2D eigenvalue weighted by atomic mass is 16.7. The lowest BCUT2D eigenvalue weighted by Crippen LogP contribution is -2.44. The number of nitrogens with one attached hydrogen (secondary N) is 1. The third-order valence-electron chi connectivity index (χ3n) is 6.23. The van der Waals surface area contributed by atoms with Gasteiger partial charge in [-0.25, -0.2) is 9.97 Å². The Morgan fingerprint density at radius 3 is 2.47 bits per heavy atom. The van der Waals surface area contributed by atoms with E-state index < -0.39 is 18.3 Å². The number of rotatable bonds is 5. The molecule has 2 fully saturated rings. The van der Waals surface area contributed by atoms with Crippen LogP contribution in [-0.2, 0) is 20.6 Å². The van der Waals surface area contributed by atoms with Crippen LogP contribution < -0.4 is 15.7 Å². The maximum absolute atomic E-state index is 12.7. The van der Waals surface area contributed by atoms with Crippen LogP contribution >= 0.6 is 0 Å². The zero-order valence-electron chi connectivity index (χ0n) is 18.3. The van der Waals surface area contributed by atoms with Gasteiger partial charge in [-0.1, -0.05) is 0 Å². The molecule has 4 heterocycles. The van der Waals surface area contributed by atoms with Crippen LogP contribution in [0.3, 0.4) is 0 Å². The summed E-state index contributed by atoms with van der Waals surface area (Å²) in [7, 11) is -0.501. The second kappa shape index (κ2) is 7.70. The molecule has 0 radical (unpaired) electrons. The zero-order valence-corrected chi connectivity index (χ0v) is 18.3. The summed E-state index contributed by atoms with van der Waals surface area (Å²) < 4.78 is 17.6. The highest BCUT2D eigenvalue weighted by Crippen LogP contribution is 2.36. The maximum atomic E-state index is 12.7. The minimum atomic E-state index is -0.501. The molecule has 160 valence electrons. The first-order valence-electron chi connectivity index (χ1n) is 10.4. The summed E-state index contributed by atoms with van der Waals surface area (Å²) in [6, 6.07) is 3.47. The lowest BCUT2D eigenvalue weighted by molar-refractivity contribution is -0.122. The third kappa shape index (κ3) is 3.96. The van der Waals surface area contributed by atoms with Gasteiger partial charge in [0.05, 0.1) is 17.7 Å². The fourth-order valence-corrected chi connectivity index (χ4v) is 3.73. The van der Waals surface area contributed by atoms with E-state index >= 15 is 0 Å². The normalized spacial score (nSPS) is 22.5. The van der Waals surface area contributed by atoms with E-state index in [0.717, 1.165) is 36.4 Å². The van der Waals surface area contributed by atoms with Gasteiger partial charge in [-0.05, 0) is 59.6 Å². The largest absolute Gasteiger partial charge is 0.498 e. The quantitative estimate of drug-likeness (QED) is 0.751. The van der Waals surface area contributed by atoms with Gasteiger partial charge in [-0.3, -0.25) is 4.79 Å². The molecule has 0 saturated carbocycles. The Morgan fingerprint density at radius 1 is 1.20 bits per heavy atom. The van der Waals surface area contributed by atoms with Crippen LogP contribution in [0.1, 0.15) is 52.1 Å². The molecule has 0 spiro atoms. The van der Waals surface area contributed by atoms with Crippen molar-refractivity contribution in [2.24, 2.45) is 0 Å². The molecule has 9 heteroatoms. The summed E-state index contributed by atoms with van der Waals surface area (Å²) in [5.74, 6) is 2.08. The number of furan rings is 1. The number of nitrogens with zero attached hydrogens (tertiary/aromatic N) is 3. The number of anilines is 1. The van der Waals surface area contributed by atoms with Crippen molar-refractivity contribution in [1.29, 1.82) is 0 Å². The summed E-state index contributed by atoms with van der Waals surface area (Å²) in [5.41, 5.74) is -0.0621. The molecule has 2 aromatic heterocycles. The smallest absolute Gasteiger partial charge is 0.465 e. The molecule has 2 saturated heterocycles. The topological polar surface area (TPSA) is 89.7 Å². The molecule has 1 N–H and O–H groups in total. The summed E-state index contributed by atoms with van der Waals surface area (Å²) in [6.07, 6.45) is 5.14. The predicted molar refractivity (Wildman–Crippen MR) is 113 cm³/mol. The molecule has 0 aromatic carbocycles. The lowest BCUT2D eigenvalue weighted by Gasteiger charge is -2.32. The van der Waals surface area contributed by atoms with Gasteiger partial charge < -0.3 is 23.9 Å². The molecular weight excluding hydrogens is 383 g/mol. The van der Waals surface area contributed by atoms with Crippen LogP contribution in [0.15, 0.2) is 28.9 Å². The molecule has 0 aliphatic carbocycles. The van der Waals surface area contributed by atoms with E-state index in [1.165, 1.54) is 0 Å². The number of aromatic nitrogens is 2. The van der Waals surface area contributed by atoms with Crippen LogP contribution in [0.5, 0.6) is 0 Å². The molecule has 1 atom stereocenters. The summed E-state index contributed by atoms with van der Waals surface area (Å²) in [5, 5.41) is 2.96. The zero-order chi connectivity index (χ0) is 21.5. The molecule has 4 rings (SSSR count). The van der Waals surface area contributed by atoms with E-state index in [2.05, 4.69) is 15.3 Å². The van der Waals surface area contributed by atoms with Crippen LogP contribution in [-0.4, -0.2) is 46.8 Å². The number of aryl methyl sites for hydroxylation is 1. The van der Waals surface area contributed by atoms with Crippen LogP contribution in [0.4, 0.5) is 5.95 Å². The monoisotopic (exact) mass is 412 g/mol. The van der Waals surface area contributed by atoms with Crippen molar-refractivity contribution in [1.82, 2.24) is 15.3 Å². The van der Waals surface area contributed by atoms with E-state index in [9.17, 15) is 4.79 Å². The third-order valence-corrected chi connectivity index (χ3v) is 6.23. The Morgan fingerprint density at radius 2 is 1.87 bits per heavy atom. The second-order valence-corrected chi connectivity index (χ2v) is 8.99. The van der Waals surface area contributed by atoms with Gasteiger partial charge in [0.15, 0.2) is 0 Å². The van der Waals surface area contributed by atoms with Crippen molar-refractivity contribution < 1.29 is 18.5 Å². The van der Waals surface area contributed by atoms with Crippen molar-refractivity contribution >= 4 is 24.4 Å². The fourth-order valence-electron chi connectivity index (χ4n) is 3.73. The van der Waals surface area contributed by atoms with Gasteiger partial charge in [0.2, 0.25) is 11.9 Å². The van der Waals surface area contributed by atoms with Crippen molar-refractivity contribution in [3.63, 3.8) is 0 Å². The molecule has 2 aliphatic rings. The Labute approximate surface area is 177 Å². The van der Waals surface area contributed by atoms with Gasteiger partial charge in [0.25, 0.3) is 0 Å². The number of carbonyl (C=O) groups is 1. The van der Waals surface area contributed by atoms with Gasteiger partial charge in [-0.2, -0.15) is 0 Å². The Kier molecular flexibility index (Phi) is 5.36. The molecule has 0 unspecified atom stereocenters. The molecular formula is C21H29BN4O4. The first kappa shape index (κ1) is 20.9. The molecule has 30 heavy (non-hydrogen) atoms. The van der Waals surface area contributed by atoms with E-state index in [1.807, 2.05) is 51.7 Å². The average molecular weight is 412 g/mol. The Bertz CT molecular complexity index is 896. The fraction of sp³-hybridized carbons (Fsp3) is 0.571. The summed E-state index contributed by atoms with van der Waals surface area (Å²) in [6.45, 7) is 11.1. The predicted octanol–water partition coefficient (Wildman–Crippen LogP) is 1.96. The van der Waals surface area contributed by atoms with Crippen molar-refractivity contribution in [3.05, 3.63) is 36.0 Å². The van der Waals surface area contributed by atoms with Crippen molar-refractivity contribution in [3.8, 4) is 0 Å². The second-order valence-electron chi connectivity index (χ2n) is 8.99. The number of hydrogen-bond donors (Lipinski definition) is 1. The van der Waals surface area contributed by atoms with E-state index in [4.69, 9.17) is 13.7 Å². The summed E-state index contributed by atoms with van der Waals surface area (Å²) >= 11 is 0. The Hall–Kier alpha value is -2.39. The van der Waals surface area contributed by atoms with Gasteiger partial charge in [0.1, 0.15) is 17.6 Å². The first-order chi connectivity index (χ1) is 14.2. The molecule has 2 aromatic rings. The maximum Gasteiger partial charge on any atom is 0.498 e. The molecule has 1 amide bonds. The van der Waals surface area contributed by atoms with Gasteiger partial charge in [0, 0.05) is 24.4 Å². The minimum absolute atomic E-state index is 0.0415. The summed E-state index contributed by atoms with van der Waals surface area (Å²) in [4.78, 5) is 23.7. The SMILES string of the molecule is Cc1ccc(CNC(=O)[C@@H]2CCCN2c2ncc(B3OC(C)(C)C(C)(C)O3)cn2)o1. The number of amides is 1. The number of carbonyl (C=O) groups excluding carboxylic acids is 1. The number of hydrogen-bond acceptors (Lipinski definition) is 7. The minimum Gasteiger partial charge on any atom is -0.465 e. The van der Waals surface area contributed by atoms with Crippen LogP contribution in [0.2, 0.25) is 0 Å². The highest BCUT2D eigenvalue weighted by Gasteiger charge is 2.52. The van der Waals surface area contributed by atoms with Gasteiger partial charge in [-0.15, -0.1) is 0 Å². The molecule has 8 nitrogen and oxygen atoms in total. The van der Waals surface area contributed by atoms with E-state index in [1.54, 1.807) is 12.4 Å². The lowest BCUT2D eigenvalue weighted by atomic mass is 9.81. The van der Waals surface area contributed by atoms with Gasteiger partial charge >= 0.3 is 7.12 Å². The standard InChI is InChI=1S/C21H29BN4O4/c1-14-8-9-16(28-14)13-23-18(27)17-7-6-10-26(17)19-24-11-15(12-25-19)22-29-20(2,3)21(4,5)30-22/h8-9,11-12,17H,6-7,10,13H2,1-5H3,(H,23,27)/t17-/m0/s1. The van der Waals surface area contributed by atoms with Crippen LogP contribution in [0.25, 0.3) is 0 Å². The van der Waals surface area contributed by atoms with Crippen LogP contribution in [0, 0.1) is 6.92 Å². The highest BCUT2D eigenvalue weighted by molar-refractivity contribution is 6.61. The molecule has 0 bridgehead atoms. The van der Waals surface area contributed by atoms with E-state index in [-0.39, 0.29) is 11.9 Å². The first-order valence-corrected chi connectivity index (χ1v) is 10.4. The van der Waals surface area contributed by atoms with Crippen molar-refractivity contribution in [2.45, 2.75) is 71.2 Å². The average Bonchev–Trinajstić information content (AvgIpc) is 3.38. The Balaban J connectivity index is 1.41. The molecule has 2 aliphatic heterocycles. The van der Waals surface area contributed by atoms with E-state index in [0.29, 0.717) is 12.5 Å².